The summed E-state index contributed by atoms with van der Waals surface area (Å²) < 4.78 is 1.29. The molecule has 0 spiro atoms. The molecule has 2 heterocycles. The number of aromatic hydroxyl groups is 1. The molecule has 2 aromatic heterocycles. The summed E-state index contributed by atoms with van der Waals surface area (Å²) in [5.74, 6) is -1.31. The third-order valence-electron chi connectivity index (χ3n) is 4.63. The quantitative estimate of drug-likeness (QED) is 0.509. The maximum Gasteiger partial charge on any atom is 0.301 e. The van der Waals surface area contributed by atoms with Crippen LogP contribution in [0.1, 0.15) is 34.8 Å². The highest BCUT2D eigenvalue weighted by Crippen LogP contribution is 2.23. The van der Waals surface area contributed by atoms with Gasteiger partial charge in [-0.25, -0.2) is 4.98 Å². The number of quaternary nitrogens is 1. The summed E-state index contributed by atoms with van der Waals surface area (Å²) in [5.41, 5.74) is -0.226. The van der Waals surface area contributed by atoms with Crippen molar-refractivity contribution in [3.63, 3.8) is 0 Å². The maximum atomic E-state index is 12.5. The average molecular weight is 456 g/mol. The molecule has 0 unspecified atom stereocenters. The molecular weight excluding hydrogens is 435 g/mol. The van der Waals surface area contributed by atoms with Crippen LogP contribution in [0.3, 0.4) is 0 Å². The number of hydrogen-bond donors (Lipinski definition) is 3. The summed E-state index contributed by atoms with van der Waals surface area (Å²) in [6.45, 7) is 7.01. The number of carbonyl (C=O) groups excluding carboxylic acids is 1. The number of halogens is 2. The van der Waals surface area contributed by atoms with E-state index in [4.69, 9.17) is 23.2 Å². The highest BCUT2D eigenvalue weighted by atomic mass is 35.5. The molecule has 0 radical (unpaired) electrons. The zero-order valence-electron chi connectivity index (χ0n) is 16.0. The lowest BCUT2D eigenvalue weighted by Gasteiger charge is -2.13. The van der Waals surface area contributed by atoms with E-state index in [-0.39, 0.29) is 12.2 Å². The molecule has 1 amide bonds. The van der Waals surface area contributed by atoms with Gasteiger partial charge in [-0.1, -0.05) is 40.6 Å². The Morgan fingerprint density at radius 3 is 2.66 bits per heavy atom. The van der Waals surface area contributed by atoms with E-state index in [2.05, 4.69) is 24.1 Å². The fourth-order valence-electron chi connectivity index (χ4n) is 2.88. The van der Waals surface area contributed by atoms with Crippen molar-refractivity contribution in [2.24, 2.45) is 0 Å². The molecule has 0 aliphatic carbocycles. The largest absolute Gasteiger partial charge is 0.501 e. The van der Waals surface area contributed by atoms with E-state index < -0.39 is 17.2 Å². The van der Waals surface area contributed by atoms with Crippen molar-refractivity contribution in [1.82, 2.24) is 14.7 Å². The lowest BCUT2D eigenvalue weighted by molar-refractivity contribution is -0.910. The van der Waals surface area contributed by atoms with Crippen LogP contribution in [0.5, 0.6) is 5.75 Å². The smallest absolute Gasteiger partial charge is 0.301 e. The third kappa shape index (κ3) is 4.72. The highest BCUT2D eigenvalue weighted by molar-refractivity contribution is 7.17. The lowest BCUT2D eigenvalue weighted by Crippen LogP contribution is -3.10. The Labute approximate surface area is 181 Å². The summed E-state index contributed by atoms with van der Waals surface area (Å²) in [6.07, 6.45) is 1.68. The number of amides is 1. The van der Waals surface area contributed by atoms with E-state index in [0.29, 0.717) is 15.0 Å². The fourth-order valence-corrected chi connectivity index (χ4v) is 4.24. The van der Waals surface area contributed by atoms with E-state index >= 15 is 0 Å². The van der Waals surface area contributed by atoms with Crippen LogP contribution in [0, 0.1) is 0 Å². The van der Waals surface area contributed by atoms with Crippen LogP contribution >= 0.6 is 34.5 Å². The van der Waals surface area contributed by atoms with Gasteiger partial charge in [0.25, 0.3) is 5.91 Å². The first kappa shape index (κ1) is 21.6. The van der Waals surface area contributed by atoms with Gasteiger partial charge in [0.15, 0.2) is 10.7 Å². The Bertz CT molecular complexity index is 1110. The fraction of sp³-hybridized carbons (Fsp3) is 0.316. The summed E-state index contributed by atoms with van der Waals surface area (Å²) in [5, 5.41) is 13.7. The van der Waals surface area contributed by atoms with E-state index in [1.54, 1.807) is 24.4 Å². The standard InChI is InChI=1S/C19H20Cl2N4O3S/c1-3-24(4-2)9-12-10-25-18(28)16(26)15(23-19(25)29-12)17(27)22-8-11-5-6-13(20)14(21)7-11/h5-7,10,26H,3-4,8-9H2,1-2H3,(H,22,27)/p+1. The van der Waals surface area contributed by atoms with Crippen LogP contribution in [-0.2, 0) is 13.1 Å². The van der Waals surface area contributed by atoms with Gasteiger partial charge in [-0.15, -0.1) is 0 Å². The third-order valence-corrected chi connectivity index (χ3v) is 6.35. The van der Waals surface area contributed by atoms with E-state index in [9.17, 15) is 14.7 Å². The number of fused-ring (bicyclic) bond motifs is 1. The van der Waals surface area contributed by atoms with Crippen molar-refractivity contribution in [2.45, 2.75) is 26.9 Å². The predicted octanol–water partition coefficient (Wildman–Crippen LogP) is 2.12. The first-order valence-corrected chi connectivity index (χ1v) is 10.7. The van der Waals surface area contributed by atoms with Gasteiger partial charge in [-0.05, 0) is 31.5 Å². The zero-order chi connectivity index (χ0) is 21.1. The molecule has 154 valence electrons. The molecule has 10 heteroatoms. The highest BCUT2D eigenvalue weighted by Gasteiger charge is 2.20. The van der Waals surface area contributed by atoms with Crippen LogP contribution in [0.4, 0.5) is 0 Å². The molecule has 7 nitrogen and oxygen atoms in total. The van der Waals surface area contributed by atoms with Crippen LogP contribution in [0.15, 0.2) is 29.2 Å². The van der Waals surface area contributed by atoms with Crippen LogP contribution in [-0.4, -0.2) is 33.5 Å². The molecule has 0 atom stereocenters. The van der Waals surface area contributed by atoms with Crippen molar-refractivity contribution >= 4 is 45.4 Å². The molecule has 3 N–H and O–H groups in total. The zero-order valence-corrected chi connectivity index (χ0v) is 18.3. The first-order valence-electron chi connectivity index (χ1n) is 9.13. The van der Waals surface area contributed by atoms with Crippen molar-refractivity contribution < 1.29 is 14.8 Å². The SMILES string of the molecule is CC[NH+](CC)Cc1cn2c(=O)c(O)c(C(=O)NCc3ccc(Cl)c(Cl)c3)nc2s1. The Morgan fingerprint density at radius 1 is 1.28 bits per heavy atom. The van der Waals surface area contributed by atoms with Gasteiger partial charge < -0.3 is 15.3 Å². The molecule has 0 aliphatic rings. The van der Waals surface area contributed by atoms with Gasteiger partial charge in [-0.3, -0.25) is 14.0 Å². The van der Waals surface area contributed by atoms with Crippen molar-refractivity contribution in [3.8, 4) is 5.75 Å². The molecule has 1 aromatic carbocycles. The summed E-state index contributed by atoms with van der Waals surface area (Å²) >= 11 is 13.2. The predicted molar refractivity (Wildman–Crippen MR) is 114 cm³/mol. The van der Waals surface area contributed by atoms with Gasteiger partial charge in [-0.2, -0.15) is 0 Å². The molecular formula is C19H21Cl2N4O3S+. The summed E-state index contributed by atoms with van der Waals surface area (Å²) in [4.78, 5) is 31.9. The van der Waals surface area contributed by atoms with E-state index in [1.165, 1.54) is 20.6 Å². The normalized spacial score (nSPS) is 11.3. The minimum atomic E-state index is -0.673. The number of carbonyl (C=O) groups is 1. The number of hydrogen-bond acceptors (Lipinski definition) is 5. The van der Waals surface area contributed by atoms with Gasteiger partial charge in [0.05, 0.1) is 28.0 Å². The number of benzene rings is 1. The van der Waals surface area contributed by atoms with Crippen molar-refractivity contribution in [3.05, 3.63) is 60.9 Å². The Morgan fingerprint density at radius 2 is 2.00 bits per heavy atom. The molecule has 0 aliphatic heterocycles. The first-order chi connectivity index (χ1) is 13.8. The van der Waals surface area contributed by atoms with Gasteiger partial charge in [0, 0.05) is 12.7 Å². The second-order valence-electron chi connectivity index (χ2n) is 6.53. The van der Waals surface area contributed by atoms with Crippen molar-refractivity contribution in [2.75, 3.05) is 13.1 Å². The Kier molecular flexibility index (Phi) is 6.79. The molecule has 0 saturated carbocycles. The number of aromatic nitrogens is 2. The van der Waals surface area contributed by atoms with Crippen LogP contribution in [0.2, 0.25) is 10.0 Å². The topological polar surface area (TPSA) is 88.1 Å². The molecule has 3 aromatic rings. The average Bonchev–Trinajstić information content (AvgIpc) is 3.12. The number of rotatable bonds is 7. The molecule has 0 fully saturated rings. The summed E-state index contributed by atoms with van der Waals surface area (Å²) in [6, 6.07) is 4.99. The Hall–Kier alpha value is -2.13. The van der Waals surface area contributed by atoms with E-state index in [1.807, 2.05) is 0 Å². The van der Waals surface area contributed by atoms with Gasteiger partial charge in [0.2, 0.25) is 5.75 Å². The van der Waals surface area contributed by atoms with E-state index in [0.717, 1.165) is 30.1 Å². The molecule has 3 rings (SSSR count). The maximum absolute atomic E-state index is 12.5. The second-order valence-corrected chi connectivity index (χ2v) is 8.44. The van der Waals surface area contributed by atoms with Crippen LogP contribution in [0.25, 0.3) is 4.96 Å². The second kappa shape index (κ2) is 9.13. The number of nitrogens with zero attached hydrogens (tertiary/aromatic N) is 2. The lowest BCUT2D eigenvalue weighted by atomic mass is 10.2. The molecule has 0 saturated heterocycles. The number of thiazole rings is 1. The monoisotopic (exact) mass is 455 g/mol. The minimum absolute atomic E-state index is 0.150. The molecule has 29 heavy (non-hydrogen) atoms. The van der Waals surface area contributed by atoms with Crippen LogP contribution < -0.4 is 15.8 Å². The van der Waals surface area contributed by atoms with Gasteiger partial charge in [0.1, 0.15) is 6.54 Å². The minimum Gasteiger partial charge on any atom is -0.501 e. The number of nitrogens with one attached hydrogen (secondary N) is 2. The van der Waals surface area contributed by atoms with Crippen molar-refractivity contribution in [1.29, 1.82) is 0 Å². The molecule has 0 bridgehead atoms. The van der Waals surface area contributed by atoms with Gasteiger partial charge >= 0.3 is 5.56 Å². The summed E-state index contributed by atoms with van der Waals surface area (Å²) in [7, 11) is 0. The Balaban J connectivity index is 1.84.